The van der Waals surface area contributed by atoms with Gasteiger partial charge in [0.25, 0.3) is 0 Å². The summed E-state index contributed by atoms with van der Waals surface area (Å²) in [7, 11) is -3.84. The Labute approximate surface area is 279 Å². The number of imidazole rings is 1. The van der Waals surface area contributed by atoms with E-state index >= 15 is 0 Å². The molecule has 0 unspecified atom stereocenters. The lowest BCUT2D eigenvalue weighted by atomic mass is 10.1. The van der Waals surface area contributed by atoms with Crippen LogP contribution in [0.2, 0.25) is 0 Å². The number of hydrogen-bond donors (Lipinski definition) is 4. The SMILES string of the molecule is CCOC(=O)[C@H](Cc1ccccc1)NP(=O)(COCCn1cnc2c(NC3CC3)nc(N)nc21)N[C@@H](Cc1ccccc1)C(=O)OCC. The summed E-state index contributed by atoms with van der Waals surface area (Å²) in [4.78, 5) is 39.5. The zero-order valence-electron chi connectivity index (χ0n) is 27.2. The molecule has 2 aromatic carbocycles. The van der Waals surface area contributed by atoms with E-state index in [4.69, 9.17) is 19.9 Å². The van der Waals surface area contributed by atoms with Crippen molar-refractivity contribution in [3.05, 3.63) is 78.1 Å². The molecule has 256 valence electrons. The first kappa shape index (κ1) is 35.0. The van der Waals surface area contributed by atoms with Gasteiger partial charge in [-0.2, -0.15) is 9.97 Å². The van der Waals surface area contributed by atoms with Gasteiger partial charge in [0.1, 0.15) is 18.4 Å². The third-order valence-electron chi connectivity index (χ3n) is 7.59. The molecule has 2 aromatic heterocycles. The van der Waals surface area contributed by atoms with Crippen LogP contribution in [0.25, 0.3) is 11.2 Å². The molecule has 4 aromatic rings. The van der Waals surface area contributed by atoms with Crippen LogP contribution in [0.3, 0.4) is 0 Å². The van der Waals surface area contributed by atoms with Gasteiger partial charge in [-0.25, -0.2) is 15.2 Å². The molecular weight excluding hydrogens is 635 g/mol. The molecule has 0 aliphatic heterocycles. The molecule has 2 atom stereocenters. The van der Waals surface area contributed by atoms with Crippen molar-refractivity contribution in [2.24, 2.45) is 0 Å². The van der Waals surface area contributed by atoms with E-state index < -0.39 is 31.5 Å². The molecule has 0 radical (unpaired) electrons. The van der Waals surface area contributed by atoms with Crippen LogP contribution >= 0.6 is 7.44 Å². The Morgan fingerprint density at radius 1 is 0.917 bits per heavy atom. The minimum absolute atomic E-state index is 0.111. The summed E-state index contributed by atoms with van der Waals surface area (Å²) >= 11 is 0. The van der Waals surface area contributed by atoms with Crippen molar-refractivity contribution in [3.63, 3.8) is 0 Å². The highest BCUT2D eigenvalue weighted by Gasteiger charge is 2.36. The van der Waals surface area contributed by atoms with E-state index in [1.165, 1.54) is 0 Å². The minimum Gasteiger partial charge on any atom is -0.465 e. The first-order valence-corrected chi connectivity index (χ1v) is 18.0. The van der Waals surface area contributed by atoms with Gasteiger partial charge in [-0.1, -0.05) is 60.7 Å². The van der Waals surface area contributed by atoms with Crippen LogP contribution in [0, 0.1) is 0 Å². The predicted molar refractivity (Wildman–Crippen MR) is 182 cm³/mol. The highest BCUT2D eigenvalue weighted by atomic mass is 31.2. The van der Waals surface area contributed by atoms with Crippen molar-refractivity contribution in [3.8, 4) is 0 Å². The van der Waals surface area contributed by atoms with Gasteiger partial charge in [0.15, 0.2) is 17.0 Å². The third kappa shape index (κ3) is 9.83. The fraction of sp³-hybridized carbons (Fsp3) is 0.424. The largest absolute Gasteiger partial charge is 0.465 e. The number of carbonyl (C=O) groups is 2. The van der Waals surface area contributed by atoms with Gasteiger partial charge in [0.05, 0.1) is 26.1 Å². The molecule has 0 amide bonds. The number of carbonyl (C=O) groups excluding carboxylic acids is 2. The first-order chi connectivity index (χ1) is 23.3. The normalized spacial score (nSPS) is 14.4. The number of benzene rings is 2. The van der Waals surface area contributed by atoms with Gasteiger partial charge in [-0.3, -0.25) is 14.2 Å². The van der Waals surface area contributed by atoms with Gasteiger partial charge in [0.2, 0.25) is 13.4 Å². The summed E-state index contributed by atoms with van der Waals surface area (Å²) in [5.41, 5.74) is 8.81. The maximum absolute atomic E-state index is 14.8. The second kappa shape index (κ2) is 16.6. The molecule has 1 saturated carbocycles. The molecule has 1 aliphatic rings. The zero-order valence-corrected chi connectivity index (χ0v) is 28.1. The smallest absolute Gasteiger partial charge is 0.323 e. The van der Waals surface area contributed by atoms with Crippen molar-refractivity contribution >= 4 is 42.3 Å². The first-order valence-electron chi connectivity index (χ1n) is 16.1. The Morgan fingerprint density at radius 3 is 2.00 bits per heavy atom. The maximum atomic E-state index is 14.8. The van der Waals surface area contributed by atoms with Gasteiger partial charge in [-0.15, -0.1) is 0 Å². The van der Waals surface area contributed by atoms with Crippen LogP contribution in [-0.4, -0.2) is 75.8 Å². The number of anilines is 2. The predicted octanol–water partition coefficient (Wildman–Crippen LogP) is 3.68. The monoisotopic (exact) mass is 678 g/mol. The summed E-state index contributed by atoms with van der Waals surface area (Å²) in [6.45, 7) is 4.12. The number of ether oxygens (including phenoxy) is 3. The van der Waals surface area contributed by atoms with E-state index in [1.54, 1.807) is 24.7 Å². The van der Waals surface area contributed by atoms with E-state index in [1.807, 2.05) is 60.7 Å². The Kier molecular flexibility index (Phi) is 12.1. The van der Waals surface area contributed by atoms with Crippen molar-refractivity contribution < 1.29 is 28.4 Å². The lowest BCUT2D eigenvalue weighted by molar-refractivity contribution is -0.145. The molecule has 14 nitrogen and oxygen atoms in total. The summed E-state index contributed by atoms with van der Waals surface area (Å²) < 4.78 is 33.3. The molecule has 5 rings (SSSR count). The molecule has 1 fully saturated rings. The number of nitrogens with zero attached hydrogens (tertiary/aromatic N) is 4. The summed E-state index contributed by atoms with van der Waals surface area (Å²) in [5, 5.41) is 9.36. The van der Waals surface area contributed by atoms with Crippen molar-refractivity contribution in [2.45, 2.75) is 64.2 Å². The zero-order chi connectivity index (χ0) is 33.9. The van der Waals surface area contributed by atoms with Crippen LogP contribution in [-0.2, 0) is 47.8 Å². The number of nitrogens with one attached hydrogen (secondary N) is 3. The fourth-order valence-corrected chi connectivity index (χ4v) is 7.18. The number of fused-ring (bicyclic) bond motifs is 1. The molecular formula is C33H43N8O6P. The highest BCUT2D eigenvalue weighted by Crippen LogP contribution is 2.39. The van der Waals surface area contributed by atoms with E-state index in [9.17, 15) is 14.2 Å². The molecule has 15 heteroatoms. The average Bonchev–Trinajstić information content (AvgIpc) is 3.80. The fourth-order valence-electron chi connectivity index (χ4n) is 5.17. The molecule has 2 heterocycles. The van der Waals surface area contributed by atoms with E-state index in [2.05, 4.69) is 30.4 Å². The van der Waals surface area contributed by atoms with Crippen molar-refractivity contribution in [2.75, 3.05) is 37.2 Å². The molecule has 0 bridgehead atoms. The summed E-state index contributed by atoms with van der Waals surface area (Å²) in [6.07, 6.45) is 3.81. The maximum Gasteiger partial charge on any atom is 0.323 e. The van der Waals surface area contributed by atoms with Crippen LogP contribution in [0.4, 0.5) is 11.8 Å². The van der Waals surface area contributed by atoms with Crippen molar-refractivity contribution in [1.82, 2.24) is 29.7 Å². The molecule has 0 spiro atoms. The molecule has 48 heavy (non-hydrogen) atoms. The molecule has 1 aliphatic carbocycles. The number of nitrogen functional groups attached to an aromatic ring is 1. The standard InChI is InChI=1S/C33H43N8O6P/c1-3-46-31(42)26(19-23-11-7-5-8-12-23)39-48(44,40-27(32(43)47-4-2)20-24-13-9-6-10-14-24)22-45-18-17-41-21-35-28-29(36-25-15-16-25)37-33(34)38-30(28)41/h5-14,21,25-27H,3-4,15-20,22H2,1-2H3,(H2,39,40,44)(H3,34,36,37,38)/t26-,27-/m0/s1. The molecule has 0 saturated heterocycles. The Bertz CT molecular complexity index is 1630. The second-order valence-electron chi connectivity index (χ2n) is 11.5. The lowest BCUT2D eigenvalue weighted by Gasteiger charge is -2.29. The third-order valence-corrected chi connectivity index (χ3v) is 9.59. The van der Waals surface area contributed by atoms with Crippen LogP contribution < -0.4 is 21.2 Å². The minimum atomic E-state index is -3.84. The Balaban J connectivity index is 1.36. The second-order valence-corrected chi connectivity index (χ2v) is 13.7. The van der Waals surface area contributed by atoms with E-state index in [0.29, 0.717) is 29.6 Å². The molecule has 5 N–H and O–H groups in total. The summed E-state index contributed by atoms with van der Waals surface area (Å²) in [6, 6.07) is 17.0. The van der Waals surface area contributed by atoms with Gasteiger partial charge < -0.3 is 29.8 Å². The lowest BCUT2D eigenvalue weighted by Crippen LogP contribution is -2.46. The Morgan fingerprint density at radius 2 is 1.48 bits per heavy atom. The quantitative estimate of drug-likeness (QED) is 0.0640. The average molecular weight is 679 g/mol. The number of hydrogen-bond acceptors (Lipinski definition) is 11. The highest BCUT2D eigenvalue weighted by molar-refractivity contribution is 7.59. The van der Waals surface area contributed by atoms with Crippen molar-refractivity contribution in [1.29, 1.82) is 0 Å². The number of esters is 2. The van der Waals surface area contributed by atoms with Crippen LogP contribution in [0.1, 0.15) is 37.8 Å². The topological polar surface area (TPSA) is 185 Å². The van der Waals surface area contributed by atoms with Gasteiger partial charge in [-0.05, 0) is 50.7 Å². The van der Waals surface area contributed by atoms with Crippen LogP contribution in [0.15, 0.2) is 67.0 Å². The van der Waals surface area contributed by atoms with E-state index in [-0.39, 0.29) is 45.0 Å². The van der Waals surface area contributed by atoms with Gasteiger partial charge >= 0.3 is 11.9 Å². The summed E-state index contributed by atoms with van der Waals surface area (Å²) in [5.74, 6) is -0.434. The number of aromatic nitrogens is 4. The van der Waals surface area contributed by atoms with E-state index in [0.717, 1.165) is 24.0 Å². The van der Waals surface area contributed by atoms with Gasteiger partial charge in [0, 0.05) is 12.6 Å². The Hall–Kier alpha value is -4.36. The number of nitrogens with two attached hydrogens (primary N) is 1. The number of rotatable bonds is 19. The van der Waals surface area contributed by atoms with Crippen LogP contribution in [0.5, 0.6) is 0 Å².